The Balaban J connectivity index is 1.99. The van der Waals surface area contributed by atoms with E-state index in [2.05, 4.69) is 24.6 Å². The number of aryl methyl sites for hydroxylation is 2. The Kier molecular flexibility index (Phi) is 5.19. The molecule has 1 aliphatic carbocycles. The molecule has 1 aliphatic rings. The molecular weight excluding hydrogens is 534 g/mol. The van der Waals surface area contributed by atoms with E-state index < -0.39 is 33.9 Å². The van der Waals surface area contributed by atoms with Crippen LogP contribution in [0.5, 0.6) is 0 Å². The van der Waals surface area contributed by atoms with E-state index in [1.165, 1.54) is 0 Å². The second-order valence-electron chi connectivity index (χ2n) is 9.88. The summed E-state index contributed by atoms with van der Waals surface area (Å²) in [6, 6.07) is 10.4. The number of nitrogens with zero attached hydrogens (tertiary/aromatic N) is 4. The van der Waals surface area contributed by atoms with E-state index in [0.29, 0.717) is 16.0 Å². The van der Waals surface area contributed by atoms with Crippen LogP contribution in [0.25, 0.3) is 79.4 Å². The minimum Gasteiger partial charge on any atom is -0.451 e. The molecule has 6 aromatic rings. The van der Waals surface area contributed by atoms with Gasteiger partial charge in [-0.05, 0) is 42.5 Å². The van der Waals surface area contributed by atoms with E-state index in [9.17, 15) is 10.5 Å². The Bertz CT molecular complexity index is 2760. The van der Waals surface area contributed by atoms with Gasteiger partial charge in [-0.25, -0.2) is 8.78 Å². The number of rotatable bonds is 1. The van der Waals surface area contributed by atoms with E-state index in [1.54, 1.807) is 36.4 Å². The first-order valence-electron chi connectivity index (χ1n) is 12.8. The van der Waals surface area contributed by atoms with Gasteiger partial charge < -0.3 is 18.0 Å². The smallest absolute Gasteiger partial charge is 0.192 e. The first-order valence-corrected chi connectivity index (χ1v) is 12.8. The summed E-state index contributed by atoms with van der Waals surface area (Å²) >= 11 is 0. The van der Waals surface area contributed by atoms with Crippen LogP contribution in [0.2, 0.25) is 0 Å². The first kappa shape index (κ1) is 25.0. The van der Waals surface area contributed by atoms with Gasteiger partial charge >= 0.3 is 0 Å². The van der Waals surface area contributed by atoms with E-state index >= 15 is 8.78 Å². The lowest BCUT2D eigenvalue weighted by Gasteiger charge is -2.09. The molecule has 0 saturated carbocycles. The highest BCUT2D eigenvalue weighted by atomic mass is 19.2. The topological polar surface area (TPSA) is 83.7 Å². The summed E-state index contributed by atoms with van der Waals surface area (Å²) in [7, 11) is 3.83. The Labute approximate surface area is 235 Å². The van der Waals surface area contributed by atoms with Crippen molar-refractivity contribution in [3.8, 4) is 12.1 Å². The summed E-state index contributed by atoms with van der Waals surface area (Å²) < 4.78 is 46.7. The molecule has 0 N–H and O–H groups in total. The molecule has 0 amide bonds. The average molecular weight is 553 g/mol. The van der Waals surface area contributed by atoms with Crippen molar-refractivity contribution in [2.75, 3.05) is 0 Å². The number of fused-ring (bicyclic) bond motifs is 10. The van der Waals surface area contributed by atoms with Gasteiger partial charge in [0, 0.05) is 51.7 Å². The zero-order valence-electron chi connectivity index (χ0n) is 22.4. The number of hydrogen-bond donors (Lipinski definition) is 0. The van der Waals surface area contributed by atoms with Crippen molar-refractivity contribution in [1.82, 2.24) is 9.13 Å². The maximum absolute atomic E-state index is 15.1. The third-order valence-electron chi connectivity index (χ3n) is 7.84. The van der Waals surface area contributed by atoms with E-state index in [0.717, 1.165) is 37.7 Å². The van der Waals surface area contributed by atoms with Crippen LogP contribution in [0.1, 0.15) is 11.1 Å². The fraction of sp³-hybridized carbons (Fsp3) is 0.0588. The second kappa shape index (κ2) is 8.73. The first-order chi connectivity index (χ1) is 20.3. The Morgan fingerprint density at radius 3 is 2.00 bits per heavy atom. The lowest BCUT2D eigenvalue weighted by molar-refractivity contribution is 0.498. The number of allylic oxidation sites excluding steroid dienone is 2. The molecule has 0 spiro atoms. The zero-order chi connectivity index (χ0) is 29.4. The van der Waals surface area contributed by atoms with Crippen molar-refractivity contribution in [3.63, 3.8) is 0 Å². The maximum atomic E-state index is 15.1. The predicted octanol–water partition coefficient (Wildman–Crippen LogP) is 4.72. The third-order valence-corrected chi connectivity index (χ3v) is 7.84. The average Bonchev–Trinajstić information content (AvgIpc) is 3.41. The number of halogens is 2. The molecule has 3 aromatic heterocycles. The fourth-order valence-corrected chi connectivity index (χ4v) is 5.96. The lowest BCUT2D eigenvalue weighted by Crippen LogP contribution is -2.27. The molecule has 0 atom stereocenters. The molecule has 3 aromatic carbocycles. The predicted molar refractivity (Wildman–Crippen MR) is 158 cm³/mol. The van der Waals surface area contributed by atoms with Gasteiger partial charge in [0.1, 0.15) is 34.4 Å². The second-order valence-corrected chi connectivity index (χ2v) is 9.88. The molecule has 7 rings (SSSR count). The molecule has 6 nitrogen and oxygen atoms in total. The molecule has 3 heterocycles. The van der Waals surface area contributed by atoms with Crippen molar-refractivity contribution in [2.24, 2.45) is 14.1 Å². The summed E-state index contributed by atoms with van der Waals surface area (Å²) in [5.41, 5.74) is 6.18. The van der Waals surface area contributed by atoms with Crippen molar-refractivity contribution in [1.29, 1.82) is 10.5 Å². The molecule has 0 fully saturated rings. The van der Waals surface area contributed by atoms with Crippen molar-refractivity contribution in [3.05, 3.63) is 92.6 Å². The normalized spacial score (nSPS) is 12.5. The summed E-state index contributed by atoms with van der Waals surface area (Å²) in [6.45, 7) is 8.22. The van der Waals surface area contributed by atoms with Crippen molar-refractivity contribution >= 4 is 79.4 Å². The van der Waals surface area contributed by atoms with Crippen molar-refractivity contribution < 1.29 is 17.6 Å². The van der Waals surface area contributed by atoms with Gasteiger partial charge in [0.15, 0.2) is 22.8 Å². The van der Waals surface area contributed by atoms with Gasteiger partial charge in [-0.2, -0.15) is 10.5 Å². The Morgan fingerprint density at radius 1 is 0.857 bits per heavy atom. The lowest BCUT2D eigenvalue weighted by atomic mass is 10.0. The molecule has 0 unspecified atom stereocenters. The third kappa shape index (κ3) is 3.05. The van der Waals surface area contributed by atoms with E-state index in [4.69, 9.17) is 8.83 Å². The molecule has 0 bridgehead atoms. The Hall–Kier alpha value is -6.04. The summed E-state index contributed by atoms with van der Waals surface area (Å²) in [4.78, 5) is 0. The molecule has 0 saturated heterocycles. The molecule has 42 heavy (non-hydrogen) atoms. The van der Waals surface area contributed by atoms with Gasteiger partial charge in [-0.3, -0.25) is 0 Å². The van der Waals surface area contributed by atoms with Crippen LogP contribution in [-0.2, 0) is 14.1 Å². The molecular formula is C34H18F2N4O2. The van der Waals surface area contributed by atoms with Crippen LogP contribution >= 0.6 is 0 Å². The van der Waals surface area contributed by atoms with Crippen molar-refractivity contribution in [2.45, 2.75) is 0 Å². The van der Waals surface area contributed by atoms with Crippen LogP contribution in [0, 0.1) is 34.3 Å². The maximum Gasteiger partial charge on any atom is 0.192 e. The van der Waals surface area contributed by atoms with E-state index in [1.807, 2.05) is 47.5 Å². The van der Waals surface area contributed by atoms with Crippen LogP contribution in [0.4, 0.5) is 8.78 Å². The van der Waals surface area contributed by atoms with E-state index in [-0.39, 0.29) is 11.2 Å². The fourth-order valence-electron chi connectivity index (χ4n) is 5.96. The number of aromatic nitrogens is 2. The Morgan fingerprint density at radius 2 is 1.43 bits per heavy atom. The summed E-state index contributed by atoms with van der Waals surface area (Å²) in [5, 5.41) is 25.4. The van der Waals surface area contributed by atoms with Crippen LogP contribution in [0.3, 0.4) is 0 Å². The van der Waals surface area contributed by atoms with Gasteiger partial charge in [-0.15, -0.1) is 0 Å². The minimum atomic E-state index is -1.49. The van der Waals surface area contributed by atoms with Gasteiger partial charge in [0.25, 0.3) is 0 Å². The zero-order valence-corrected chi connectivity index (χ0v) is 22.4. The number of nitriles is 2. The monoisotopic (exact) mass is 552 g/mol. The summed E-state index contributed by atoms with van der Waals surface area (Å²) in [5.74, 6) is -2.98. The van der Waals surface area contributed by atoms with Gasteiger partial charge in [0.2, 0.25) is 0 Å². The highest BCUT2D eigenvalue weighted by Gasteiger charge is 2.25. The number of hydrogen-bond acceptors (Lipinski definition) is 4. The van der Waals surface area contributed by atoms with Crippen LogP contribution in [-0.4, -0.2) is 9.13 Å². The molecule has 200 valence electrons. The van der Waals surface area contributed by atoms with Crippen LogP contribution in [0.15, 0.2) is 57.6 Å². The largest absolute Gasteiger partial charge is 0.451 e. The number of benzene rings is 3. The van der Waals surface area contributed by atoms with Crippen LogP contribution < -0.4 is 21.1 Å². The molecule has 0 radical (unpaired) electrons. The van der Waals surface area contributed by atoms with Gasteiger partial charge in [0.05, 0.1) is 16.1 Å². The van der Waals surface area contributed by atoms with Gasteiger partial charge in [-0.1, -0.05) is 30.7 Å². The highest BCUT2D eigenvalue weighted by molar-refractivity contribution is 6.24. The molecule has 0 aliphatic heterocycles. The highest BCUT2D eigenvalue weighted by Crippen LogP contribution is 2.37. The standard InChI is InChI=1S/C34H18F2N4O2/c1-5-8-21-17(2)27-23(39(21)3)11-13-25-29(27)30-26(14-12-24-28(30)18-9-6-7-10-22(18)40(24)4)42-34-20(16-38)32(36)31(35)19(15-37)33(34)41-25/h5,7-8,10-14H,1-2H2,3-4H3/b21-8+. The quantitative estimate of drug-likeness (QED) is 0.277. The summed E-state index contributed by atoms with van der Waals surface area (Å²) in [6.07, 6.45) is 7.21. The minimum absolute atomic E-state index is 0.241. The molecule has 8 heteroatoms. The SMILES string of the molecule is C=C/C=c1\c(=C)c2c3c(ccc2n1C)oc1c(C#N)c(F)c(F)c(C#N)c1oc1ccc2c(c4c(n2C)=CC=C=C=4)c13.